The van der Waals surface area contributed by atoms with Gasteiger partial charge in [-0.2, -0.15) is 0 Å². The van der Waals surface area contributed by atoms with E-state index in [0.717, 1.165) is 40.7 Å². The summed E-state index contributed by atoms with van der Waals surface area (Å²) < 4.78 is 5.31. The van der Waals surface area contributed by atoms with Crippen LogP contribution in [-0.4, -0.2) is 11.1 Å². The van der Waals surface area contributed by atoms with Gasteiger partial charge in [-0.05, 0) is 52.3 Å². The van der Waals surface area contributed by atoms with E-state index in [-0.39, 0.29) is 13.2 Å². The maximum atomic E-state index is 11.5. The number of ether oxygens (including phenoxy) is 1. The molecule has 0 radical (unpaired) electrons. The Bertz CT molecular complexity index is 928. The summed E-state index contributed by atoms with van der Waals surface area (Å²) in [6.07, 6.45) is 2.90. The van der Waals surface area contributed by atoms with Gasteiger partial charge in [-0.1, -0.05) is 73.3 Å². The lowest BCUT2D eigenvalue weighted by Gasteiger charge is -2.13. The number of aliphatic hydroxyl groups excluding tert-OH is 1. The molecule has 3 rings (SSSR count). The van der Waals surface area contributed by atoms with E-state index in [9.17, 15) is 4.79 Å². The molecule has 28 heavy (non-hydrogen) atoms. The van der Waals surface area contributed by atoms with E-state index in [1.807, 2.05) is 42.5 Å². The quantitative estimate of drug-likeness (QED) is 0.454. The summed E-state index contributed by atoms with van der Waals surface area (Å²) in [7, 11) is 0. The van der Waals surface area contributed by atoms with Crippen molar-refractivity contribution in [3.05, 3.63) is 108 Å². The number of hydrogen-bond acceptors (Lipinski definition) is 3. The molecule has 0 unspecified atom stereocenters. The molecule has 0 aromatic heterocycles. The zero-order valence-corrected chi connectivity index (χ0v) is 15.8. The van der Waals surface area contributed by atoms with Crippen LogP contribution in [0.3, 0.4) is 0 Å². The highest BCUT2D eigenvalue weighted by Crippen LogP contribution is 2.24. The molecule has 1 N–H and O–H groups in total. The lowest BCUT2D eigenvalue weighted by atomic mass is 9.95. The van der Waals surface area contributed by atoms with Crippen LogP contribution in [0.25, 0.3) is 11.1 Å². The van der Waals surface area contributed by atoms with E-state index in [1.54, 1.807) is 0 Å². The molecule has 3 aromatic carbocycles. The van der Waals surface area contributed by atoms with Crippen LogP contribution in [0.1, 0.15) is 22.3 Å². The third-order valence-corrected chi connectivity index (χ3v) is 4.74. The van der Waals surface area contributed by atoms with Crippen LogP contribution in [-0.2, 0) is 35.6 Å². The Morgan fingerprint density at radius 1 is 0.857 bits per heavy atom. The highest BCUT2D eigenvalue weighted by Gasteiger charge is 2.08. The smallest absolute Gasteiger partial charge is 0.330 e. The van der Waals surface area contributed by atoms with Crippen LogP contribution in [0.2, 0.25) is 0 Å². The Labute approximate surface area is 165 Å². The Morgan fingerprint density at radius 3 is 2.25 bits per heavy atom. The molecular formula is C25H24O3. The summed E-state index contributed by atoms with van der Waals surface area (Å²) in [5.74, 6) is -0.421. The van der Waals surface area contributed by atoms with Crippen molar-refractivity contribution in [1.82, 2.24) is 0 Å². The second-order valence-electron chi connectivity index (χ2n) is 6.64. The van der Waals surface area contributed by atoms with Gasteiger partial charge in [0.15, 0.2) is 0 Å². The van der Waals surface area contributed by atoms with Crippen LogP contribution >= 0.6 is 0 Å². The number of benzene rings is 3. The summed E-state index contributed by atoms with van der Waals surface area (Å²) >= 11 is 0. The maximum Gasteiger partial charge on any atom is 0.330 e. The van der Waals surface area contributed by atoms with Crippen molar-refractivity contribution in [3.63, 3.8) is 0 Å². The van der Waals surface area contributed by atoms with Gasteiger partial charge < -0.3 is 9.84 Å². The van der Waals surface area contributed by atoms with Gasteiger partial charge in [0.2, 0.25) is 0 Å². The van der Waals surface area contributed by atoms with E-state index in [1.165, 1.54) is 11.6 Å². The number of aryl methyl sites for hydroxylation is 2. The highest BCUT2D eigenvalue weighted by atomic mass is 16.5. The average molecular weight is 372 g/mol. The van der Waals surface area contributed by atoms with Crippen LogP contribution < -0.4 is 0 Å². The third-order valence-electron chi connectivity index (χ3n) is 4.74. The van der Waals surface area contributed by atoms with Crippen molar-refractivity contribution in [1.29, 1.82) is 0 Å². The van der Waals surface area contributed by atoms with Gasteiger partial charge in [0.05, 0.1) is 6.61 Å². The number of hydrogen-bond donors (Lipinski definition) is 1. The fraction of sp³-hybridized carbons (Fsp3) is 0.160. The first kappa shape index (κ1) is 19.6. The molecule has 0 fully saturated rings. The Kier molecular flexibility index (Phi) is 6.77. The largest absolute Gasteiger partial charge is 0.458 e. The number of esters is 1. The van der Waals surface area contributed by atoms with Crippen molar-refractivity contribution in [2.75, 3.05) is 0 Å². The number of rotatable bonds is 8. The van der Waals surface area contributed by atoms with Crippen molar-refractivity contribution in [2.45, 2.75) is 26.1 Å². The van der Waals surface area contributed by atoms with Crippen molar-refractivity contribution >= 4 is 5.97 Å². The zero-order chi connectivity index (χ0) is 19.8. The van der Waals surface area contributed by atoms with Gasteiger partial charge in [0.1, 0.15) is 6.61 Å². The first-order chi connectivity index (χ1) is 13.7. The lowest BCUT2D eigenvalue weighted by molar-refractivity contribution is -0.138. The van der Waals surface area contributed by atoms with Gasteiger partial charge in [-0.3, -0.25) is 0 Å². The summed E-state index contributed by atoms with van der Waals surface area (Å²) in [5, 5.41) is 9.17. The summed E-state index contributed by atoms with van der Waals surface area (Å²) in [4.78, 5) is 11.5. The molecule has 0 spiro atoms. The first-order valence-corrected chi connectivity index (χ1v) is 9.34. The van der Waals surface area contributed by atoms with Gasteiger partial charge in [-0.15, -0.1) is 0 Å². The van der Waals surface area contributed by atoms with Gasteiger partial charge >= 0.3 is 5.97 Å². The second kappa shape index (κ2) is 9.67. The standard InChI is InChI=1S/C25H24O3/c1-2-25(27)28-18-24-16-23(21-6-4-3-5-7-21)15-14-22(24)13-12-19-8-10-20(17-26)11-9-19/h2-11,14-16,26H,1,12-13,17-18H2. The fourth-order valence-corrected chi connectivity index (χ4v) is 3.11. The minimum Gasteiger partial charge on any atom is -0.458 e. The Hall–Kier alpha value is -3.17. The molecular weight excluding hydrogens is 348 g/mol. The monoisotopic (exact) mass is 372 g/mol. The summed E-state index contributed by atoms with van der Waals surface area (Å²) in [6, 6.07) is 24.4. The second-order valence-corrected chi connectivity index (χ2v) is 6.64. The van der Waals surface area contributed by atoms with E-state index < -0.39 is 5.97 Å². The molecule has 3 heteroatoms. The van der Waals surface area contributed by atoms with Crippen LogP contribution in [0.15, 0.2) is 85.5 Å². The average Bonchev–Trinajstić information content (AvgIpc) is 2.77. The van der Waals surface area contributed by atoms with E-state index in [0.29, 0.717) is 0 Å². The van der Waals surface area contributed by atoms with Crippen molar-refractivity contribution in [3.8, 4) is 11.1 Å². The molecule has 142 valence electrons. The summed E-state index contributed by atoms with van der Waals surface area (Å²) in [5.41, 5.74) is 6.50. The van der Waals surface area contributed by atoms with Crippen LogP contribution in [0, 0.1) is 0 Å². The molecule has 0 aliphatic heterocycles. The summed E-state index contributed by atoms with van der Waals surface area (Å²) in [6.45, 7) is 3.74. The minimum absolute atomic E-state index is 0.0556. The topological polar surface area (TPSA) is 46.5 Å². The predicted molar refractivity (Wildman–Crippen MR) is 112 cm³/mol. The van der Waals surface area contributed by atoms with Gasteiger partial charge in [0.25, 0.3) is 0 Å². The molecule has 0 heterocycles. The molecule has 0 atom stereocenters. The predicted octanol–water partition coefficient (Wildman–Crippen LogP) is 4.86. The molecule has 0 saturated heterocycles. The van der Waals surface area contributed by atoms with Crippen LogP contribution in [0.4, 0.5) is 0 Å². The van der Waals surface area contributed by atoms with Crippen molar-refractivity contribution < 1.29 is 14.6 Å². The SMILES string of the molecule is C=CC(=O)OCc1cc(-c2ccccc2)ccc1CCc1ccc(CO)cc1. The normalized spacial score (nSPS) is 10.5. The van der Waals surface area contributed by atoms with Gasteiger partial charge in [-0.25, -0.2) is 4.79 Å². The molecule has 0 saturated carbocycles. The maximum absolute atomic E-state index is 11.5. The number of carbonyl (C=O) groups excluding carboxylic acids is 1. The number of aliphatic hydroxyl groups is 1. The van der Waals surface area contributed by atoms with E-state index in [2.05, 4.69) is 36.9 Å². The lowest BCUT2D eigenvalue weighted by Crippen LogP contribution is -2.04. The zero-order valence-electron chi connectivity index (χ0n) is 15.8. The van der Waals surface area contributed by atoms with Crippen molar-refractivity contribution in [2.24, 2.45) is 0 Å². The molecule has 3 aromatic rings. The van der Waals surface area contributed by atoms with E-state index >= 15 is 0 Å². The molecule has 3 nitrogen and oxygen atoms in total. The molecule has 0 amide bonds. The van der Waals surface area contributed by atoms with Gasteiger partial charge in [0, 0.05) is 6.08 Å². The molecule has 0 aliphatic rings. The Morgan fingerprint density at radius 2 is 1.57 bits per heavy atom. The molecule has 0 aliphatic carbocycles. The minimum atomic E-state index is -0.421. The van der Waals surface area contributed by atoms with E-state index in [4.69, 9.17) is 9.84 Å². The highest BCUT2D eigenvalue weighted by molar-refractivity contribution is 5.81. The number of carbonyl (C=O) groups is 1. The van der Waals surface area contributed by atoms with Crippen LogP contribution in [0.5, 0.6) is 0 Å². The fourth-order valence-electron chi connectivity index (χ4n) is 3.11. The third kappa shape index (κ3) is 5.18. The Balaban J connectivity index is 1.81. The molecule has 0 bridgehead atoms. The first-order valence-electron chi connectivity index (χ1n) is 9.34.